The highest BCUT2D eigenvalue weighted by Gasteiger charge is 2.14. The van der Waals surface area contributed by atoms with Crippen molar-refractivity contribution in [3.8, 4) is 0 Å². The maximum Gasteiger partial charge on any atom is 0.259 e. The van der Waals surface area contributed by atoms with E-state index in [0.29, 0.717) is 11.4 Å². The van der Waals surface area contributed by atoms with Crippen LogP contribution in [0.2, 0.25) is 0 Å². The van der Waals surface area contributed by atoms with Gasteiger partial charge in [0.1, 0.15) is 11.6 Å². The van der Waals surface area contributed by atoms with E-state index in [1.807, 2.05) is 0 Å². The first-order valence-corrected chi connectivity index (χ1v) is 5.14. The highest BCUT2D eigenvalue weighted by molar-refractivity contribution is 6.04. The van der Waals surface area contributed by atoms with E-state index in [-0.39, 0.29) is 5.56 Å². The van der Waals surface area contributed by atoms with Gasteiger partial charge in [-0.3, -0.25) is 9.48 Å². The maximum atomic E-state index is 13.7. The number of aryl methyl sites for hydroxylation is 2. The molecular formula is C12H12FN3O. The summed E-state index contributed by atoms with van der Waals surface area (Å²) in [5.74, 6) is -0.446. The molecule has 0 unspecified atom stereocenters. The van der Waals surface area contributed by atoms with Crippen molar-refractivity contribution in [2.75, 3.05) is 5.32 Å². The number of carbonyl (C=O) groups is 1. The summed E-state index contributed by atoms with van der Waals surface area (Å²) >= 11 is 0. The number of benzene rings is 1. The Morgan fingerprint density at radius 3 is 2.82 bits per heavy atom. The Hall–Kier alpha value is -2.17. The fourth-order valence-electron chi connectivity index (χ4n) is 1.50. The number of amides is 1. The van der Waals surface area contributed by atoms with E-state index < -0.39 is 11.7 Å². The Morgan fingerprint density at radius 1 is 1.41 bits per heavy atom. The van der Waals surface area contributed by atoms with Gasteiger partial charge < -0.3 is 5.32 Å². The van der Waals surface area contributed by atoms with Gasteiger partial charge in [0, 0.05) is 13.1 Å². The lowest BCUT2D eigenvalue weighted by molar-refractivity contribution is 0.102. The van der Waals surface area contributed by atoms with Crippen LogP contribution in [0.3, 0.4) is 0 Å². The standard InChI is InChI=1S/C12H12FN3O/c1-8-4-3-5-9(11(8)13)12(17)15-10-6-7-14-16(10)2/h3-7H,1-2H3,(H,15,17). The second kappa shape index (κ2) is 4.37. The van der Waals surface area contributed by atoms with Crippen LogP contribution in [0.4, 0.5) is 10.2 Å². The van der Waals surface area contributed by atoms with E-state index in [1.165, 1.54) is 10.7 Å². The second-order valence-electron chi connectivity index (χ2n) is 3.73. The van der Waals surface area contributed by atoms with Crippen molar-refractivity contribution in [2.45, 2.75) is 6.92 Å². The van der Waals surface area contributed by atoms with E-state index in [4.69, 9.17) is 0 Å². The highest BCUT2D eigenvalue weighted by Crippen LogP contribution is 2.14. The number of halogens is 1. The molecule has 2 rings (SSSR count). The summed E-state index contributed by atoms with van der Waals surface area (Å²) in [5.41, 5.74) is 0.480. The van der Waals surface area contributed by atoms with Crippen molar-refractivity contribution in [3.05, 3.63) is 47.4 Å². The van der Waals surface area contributed by atoms with Crippen LogP contribution in [0.25, 0.3) is 0 Å². The molecule has 1 amide bonds. The van der Waals surface area contributed by atoms with Crippen LogP contribution >= 0.6 is 0 Å². The van der Waals surface area contributed by atoms with Crippen molar-refractivity contribution in [3.63, 3.8) is 0 Å². The number of rotatable bonds is 2. The van der Waals surface area contributed by atoms with Crippen LogP contribution in [0.1, 0.15) is 15.9 Å². The van der Waals surface area contributed by atoms with Gasteiger partial charge >= 0.3 is 0 Å². The summed E-state index contributed by atoms with van der Waals surface area (Å²) in [6, 6.07) is 6.37. The summed E-state index contributed by atoms with van der Waals surface area (Å²) in [5, 5.41) is 6.51. The molecule has 0 aliphatic carbocycles. The predicted octanol–water partition coefficient (Wildman–Crippen LogP) is 2.12. The average Bonchev–Trinajstić information content (AvgIpc) is 2.68. The van der Waals surface area contributed by atoms with Gasteiger partial charge in [0.05, 0.1) is 11.8 Å². The molecule has 0 saturated heterocycles. The molecule has 88 valence electrons. The van der Waals surface area contributed by atoms with E-state index in [2.05, 4.69) is 10.4 Å². The van der Waals surface area contributed by atoms with Gasteiger partial charge in [0.2, 0.25) is 0 Å². The van der Waals surface area contributed by atoms with Crippen molar-refractivity contribution < 1.29 is 9.18 Å². The molecule has 0 saturated carbocycles. The van der Waals surface area contributed by atoms with Crippen LogP contribution in [0, 0.1) is 12.7 Å². The molecule has 1 aromatic carbocycles. The quantitative estimate of drug-likeness (QED) is 0.863. The molecule has 4 nitrogen and oxygen atoms in total. The smallest absolute Gasteiger partial charge is 0.259 e. The van der Waals surface area contributed by atoms with Gasteiger partial charge in [-0.15, -0.1) is 0 Å². The molecule has 2 aromatic rings. The number of hydrogen-bond acceptors (Lipinski definition) is 2. The highest BCUT2D eigenvalue weighted by atomic mass is 19.1. The zero-order chi connectivity index (χ0) is 12.4. The third-order valence-electron chi connectivity index (χ3n) is 2.50. The average molecular weight is 233 g/mol. The van der Waals surface area contributed by atoms with Crippen LogP contribution in [-0.2, 0) is 7.05 Å². The minimum atomic E-state index is -0.493. The van der Waals surface area contributed by atoms with Gasteiger partial charge in [0.25, 0.3) is 5.91 Å². The molecule has 1 aromatic heterocycles. The number of anilines is 1. The Labute approximate surface area is 98.1 Å². The van der Waals surface area contributed by atoms with Gasteiger partial charge in [-0.2, -0.15) is 5.10 Å². The SMILES string of the molecule is Cc1cccc(C(=O)Nc2ccnn2C)c1F. The topological polar surface area (TPSA) is 46.9 Å². The molecule has 0 aliphatic rings. The van der Waals surface area contributed by atoms with Crippen molar-refractivity contribution in [2.24, 2.45) is 7.05 Å². The molecule has 1 heterocycles. The summed E-state index contributed by atoms with van der Waals surface area (Å²) in [7, 11) is 1.70. The van der Waals surface area contributed by atoms with Crippen LogP contribution in [-0.4, -0.2) is 15.7 Å². The van der Waals surface area contributed by atoms with Crippen LogP contribution < -0.4 is 5.32 Å². The summed E-state index contributed by atoms with van der Waals surface area (Å²) in [4.78, 5) is 11.8. The van der Waals surface area contributed by atoms with E-state index >= 15 is 0 Å². The molecule has 0 spiro atoms. The van der Waals surface area contributed by atoms with E-state index in [0.717, 1.165) is 0 Å². The lowest BCUT2D eigenvalue weighted by Gasteiger charge is -2.07. The van der Waals surface area contributed by atoms with Crippen molar-refractivity contribution in [1.29, 1.82) is 0 Å². The first-order valence-electron chi connectivity index (χ1n) is 5.14. The zero-order valence-electron chi connectivity index (χ0n) is 9.57. The molecular weight excluding hydrogens is 221 g/mol. The fourth-order valence-corrected chi connectivity index (χ4v) is 1.50. The largest absolute Gasteiger partial charge is 0.307 e. The molecule has 0 fully saturated rings. The maximum absolute atomic E-state index is 13.7. The van der Waals surface area contributed by atoms with Crippen LogP contribution in [0.5, 0.6) is 0 Å². The van der Waals surface area contributed by atoms with E-state index in [9.17, 15) is 9.18 Å². The van der Waals surface area contributed by atoms with Gasteiger partial charge in [-0.05, 0) is 18.6 Å². The molecule has 0 aliphatic heterocycles. The lowest BCUT2D eigenvalue weighted by atomic mass is 10.1. The van der Waals surface area contributed by atoms with Gasteiger partial charge in [-0.1, -0.05) is 12.1 Å². The predicted molar refractivity (Wildman–Crippen MR) is 62.3 cm³/mol. The minimum Gasteiger partial charge on any atom is -0.307 e. The Balaban J connectivity index is 2.27. The van der Waals surface area contributed by atoms with Crippen molar-refractivity contribution in [1.82, 2.24) is 9.78 Å². The Bertz CT molecular complexity index is 563. The second-order valence-corrected chi connectivity index (χ2v) is 3.73. The monoisotopic (exact) mass is 233 g/mol. The molecule has 0 radical (unpaired) electrons. The van der Waals surface area contributed by atoms with Crippen LogP contribution in [0.15, 0.2) is 30.5 Å². The number of nitrogens with one attached hydrogen (secondary N) is 1. The van der Waals surface area contributed by atoms with Gasteiger partial charge in [0.15, 0.2) is 0 Å². The first kappa shape index (κ1) is 11.3. The normalized spacial score (nSPS) is 10.3. The summed E-state index contributed by atoms with van der Waals surface area (Å²) < 4.78 is 15.2. The minimum absolute atomic E-state index is 0.0335. The number of nitrogens with zero attached hydrogens (tertiary/aromatic N) is 2. The third-order valence-corrected chi connectivity index (χ3v) is 2.50. The lowest BCUT2D eigenvalue weighted by Crippen LogP contribution is -2.16. The molecule has 0 atom stereocenters. The fraction of sp³-hybridized carbons (Fsp3) is 0.167. The first-order chi connectivity index (χ1) is 8.09. The Kier molecular flexibility index (Phi) is 2.91. The molecule has 0 bridgehead atoms. The molecule has 5 heteroatoms. The number of aromatic nitrogens is 2. The zero-order valence-corrected chi connectivity index (χ0v) is 9.57. The molecule has 17 heavy (non-hydrogen) atoms. The summed E-state index contributed by atoms with van der Waals surface area (Å²) in [6.07, 6.45) is 1.56. The number of carbonyl (C=O) groups excluding carboxylic acids is 1. The Morgan fingerprint density at radius 2 is 2.18 bits per heavy atom. The van der Waals surface area contributed by atoms with Gasteiger partial charge in [-0.25, -0.2) is 4.39 Å². The van der Waals surface area contributed by atoms with E-state index in [1.54, 1.807) is 38.4 Å². The van der Waals surface area contributed by atoms with Crippen molar-refractivity contribution >= 4 is 11.7 Å². The molecule has 1 N–H and O–H groups in total. The number of hydrogen-bond donors (Lipinski definition) is 1. The third kappa shape index (κ3) is 2.18. The summed E-state index contributed by atoms with van der Waals surface area (Å²) in [6.45, 7) is 1.62.